The molecule has 0 aliphatic rings. The van der Waals surface area contributed by atoms with Crippen LogP contribution >= 0.6 is 0 Å². The third kappa shape index (κ3) is 2.22. The van der Waals surface area contributed by atoms with Gasteiger partial charge in [0, 0.05) is 18.0 Å². The number of amides is 1. The second-order valence-electron chi connectivity index (χ2n) is 4.38. The van der Waals surface area contributed by atoms with Gasteiger partial charge in [0.1, 0.15) is 0 Å². The molecule has 102 valence electrons. The highest BCUT2D eigenvalue weighted by Crippen LogP contribution is 2.04. The molecule has 1 amide bonds. The molecule has 0 spiro atoms. The normalized spacial score (nSPS) is 10.9. The van der Waals surface area contributed by atoms with Crippen molar-refractivity contribution in [2.75, 3.05) is 0 Å². The minimum absolute atomic E-state index is 0.184. The third-order valence-corrected chi connectivity index (χ3v) is 2.72. The Labute approximate surface area is 113 Å². The summed E-state index contributed by atoms with van der Waals surface area (Å²) in [6, 6.07) is 3.54. The number of fused-ring (bicyclic) bond motifs is 1. The molecule has 0 atom stereocenters. The lowest BCUT2D eigenvalue weighted by Crippen LogP contribution is -2.24. The second-order valence-corrected chi connectivity index (χ2v) is 4.38. The average molecular weight is 272 g/mol. The molecule has 3 aromatic heterocycles. The summed E-state index contributed by atoms with van der Waals surface area (Å²) in [5, 5.41) is 14.2. The molecule has 0 aromatic carbocycles. The molecule has 3 rings (SSSR count). The summed E-state index contributed by atoms with van der Waals surface area (Å²) in [4.78, 5) is 16.2. The molecule has 0 fully saturated rings. The molecule has 0 unspecified atom stereocenters. The lowest BCUT2D eigenvalue weighted by molar-refractivity contribution is 0.0935. The molecule has 0 saturated carbocycles. The molecule has 0 aliphatic heterocycles. The van der Waals surface area contributed by atoms with Gasteiger partial charge in [0.05, 0.1) is 12.2 Å². The Balaban J connectivity index is 1.78. The van der Waals surface area contributed by atoms with Crippen LogP contribution in [0.15, 0.2) is 22.9 Å². The largest absolute Gasteiger partial charge is 0.359 e. The van der Waals surface area contributed by atoms with Crippen molar-refractivity contribution in [3.8, 4) is 0 Å². The van der Waals surface area contributed by atoms with Crippen LogP contribution in [0, 0.1) is 13.8 Å². The molecule has 8 heteroatoms. The summed E-state index contributed by atoms with van der Waals surface area (Å²) in [6.45, 7) is 3.91. The average Bonchev–Trinajstić information content (AvgIpc) is 3.01. The number of rotatable bonds is 3. The Kier molecular flexibility index (Phi) is 2.90. The monoisotopic (exact) mass is 272 g/mol. The number of carbonyl (C=O) groups is 1. The van der Waals surface area contributed by atoms with Crippen LogP contribution in [-0.2, 0) is 6.54 Å². The fourth-order valence-electron chi connectivity index (χ4n) is 1.77. The SMILES string of the molecule is Cc1cc(CNC(=O)c2nnc3nc(C)ccn23)on1. The van der Waals surface area contributed by atoms with Gasteiger partial charge in [-0.15, -0.1) is 10.2 Å². The Hall–Kier alpha value is -2.77. The molecule has 3 heterocycles. The predicted molar refractivity (Wildman–Crippen MR) is 67.9 cm³/mol. The van der Waals surface area contributed by atoms with Crippen molar-refractivity contribution in [1.29, 1.82) is 0 Å². The van der Waals surface area contributed by atoms with E-state index in [0.717, 1.165) is 11.4 Å². The maximum atomic E-state index is 12.1. The van der Waals surface area contributed by atoms with E-state index in [4.69, 9.17) is 4.52 Å². The van der Waals surface area contributed by atoms with Gasteiger partial charge < -0.3 is 9.84 Å². The summed E-state index contributed by atoms with van der Waals surface area (Å²) in [5.74, 6) is 0.810. The van der Waals surface area contributed by atoms with Crippen molar-refractivity contribution >= 4 is 11.7 Å². The minimum Gasteiger partial charge on any atom is -0.359 e. The van der Waals surface area contributed by atoms with E-state index in [9.17, 15) is 4.79 Å². The highest BCUT2D eigenvalue weighted by molar-refractivity contribution is 5.91. The molecule has 0 saturated heterocycles. The first-order valence-electron chi connectivity index (χ1n) is 6.02. The van der Waals surface area contributed by atoms with E-state index in [0.29, 0.717) is 11.5 Å². The van der Waals surface area contributed by atoms with Crippen molar-refractivity contribution in [2.45, 2.75) is 20.4 Å². The molecule has 0 aliphatic carbocycles. The highest BCUT2D eigenvalue weighted by Gasteiger charge is 2.15. The Morgan fingerprint density at radius 3 is 2.95 bits per heavy atom. The smallest absolute Gasteiger partial charge is 0.290 e. The zero-order valence-corrected chi connectivity index (χ0v) is 11.0. The molecule has 8 nitrogen and oxygen atoms in total. The number of hydrogen-bond acceptors (Lipinski definition) is 6. The van der Waals surface area contributed by atoms with Crippen molar-refractivity contribution < 1.29 is 9.32 Å². The molecular weight excluding hydrogens is 260 g/mol. The van der Waals surface area contributed by atoms with E-state index in [1.54, 1.807) is 18.3 Å². The number of aryl methyl sites for hydroxylation is 2. The van der Waals surface area contributed by atoms with Crippen LogP contribution in [-0.4, -0.2) is 30.6 Å². The highest BCUT2D eigenvalue weighted by atomic mass is 16.5. The first-order chi connectivity index (χ1) is 9.63. The van der Waals surface area contributed by atoms with Crippen LogP contribution in [0.2, 0.25) is 0 Å². The van der Waals surface area contributed by atoms with E-state index < -0.39 is 0 Å². The van der Waals surface area contributed by atoms with E-state index in [1.807, 2.05) is 13.8 Å². The van der Waals surface area contributed by atoms with Crippen molar-refractivity contribution in [1.82, 2.24) is 30.1 Å². The van der Waals surface area contributed by atoms with E-state index in [2.05, 4.69) is 25.7 Å². The van der Waals surface area contributed by atoms with Crippen LogP contribution in [0.3, 0.4) is 0 Å². The molecule has 3 aromatic rings. The number of hydrogen-bond donors (Lipinski definition) is 1. The first-order valence-corrected chi connectivity index (χ1v) is 6.02. The first kappa shape index (κ1) is 12.3. The Morgan fingerprint density at radius 2 is 2.20 bits per heavy atom. The van der Waals surface area contributed by atoms with Gasteiger partial charge in [-0.2, -0.15) is 0 Å². The van der Waals surface area contributed by atoms with E-state index >= 15 is 0 Å². The summed E-state index contributed by atoms with van der Waals surface area (Å²) < 4.78 is 6.55. The molecule has 1 N–H and O–H groups in total. The van der Waals surface area contributed by atoms with Crippen LogP contribution in [0.1, 0.15) is 27.8 Å². The van der Waals surface area contributed by atoms with Gasteiger partial charge in [0.25, 0.3) is 11.7 Å². The van der Waals surface area contributed by atoms with Crippen LogP contribution < -0.4 is 5.32 Å². The Morgan fingerprint density at radius 1 is 1.35 bits per heavy atom. The number of aromatic nitrogens is 5. The van der Waals surface area contributed by atoms with Gasteiger partial charge in [-0.3, -0.25) is 9.20 Å². The van der Waals surface area contributed by atoms with Gasteiger partial charge >= 0.3 is 0 Å². The number of carbonyl (C=O) groups excluding carboxylic acids is 1. The van der Waals surface area contributed by atoms with E-state index in [-0.39, 0.29) is 18.3 Å². The fraction of sp³-hybridized carbons (Fsp3) is 0.250. The summed E-state index contributed by atoms with van der Waals surface area (Å²) in [5.41, 5.74) is 1.58. The minimum atomic E-state index is -0.350. The third-order valence-electron chi connectivity index (χ3n) is 2.72. The maximum Gasteiger partial charge on any atom is 0.290 e. The molecule has 0 bridgehead atoms. The maximum absolute atomic E-state index is 12.1. The topological polar surface area (TPSA) is 98.2 Å². The summed E-state index contributed by atoms with van der Waals surface area (Å²) in [7, 11) is 0. The Bertz CT molecular complexity index is 775. The lowest BCUT2D eigenvalue weighted by Gasteiger charge is -2.01. The van der Waals surface area contributed by atoms with Crippen LogP contribution in [0.5, 0.6) is 0 Å². The molecular formula is C12H12N6O2. The van der Waals surface area contributed by atoms with Crippen LogP contribution in [0.4, 0.5) is 0 Å². The number of nitrogens with one attached hydrogen (secondary N) is 1. The zero-order valence-electron chi connectivity index (χ0n) is 11.0. The van der Waals surface area contributed by atoms with Crippen LogP contribution in [0.25, 0.3) is 5.78 Å². The zero-order chi connectivity index (χ0) is 14.1. The summed E-state index contributed by atoms with van der Waals surface area (Å²) >= 11 is 0. The van der Waals surface area contributed by atoms with Crippen molar-refractivity contribution in [3.63, 3.8) is 0 Å². The summed E-state index contributed by atoms with van der Waals surface area (Å²) in [6.07, 6.45) is 1.71. The molecule has 20 heavy (non-hydrogen) atoms. The number of nitrogens with zero attached hydrogens (tertiary/aromatic N) is 5. The fourth-order valence-corrected chi connectivity index (χ4v) is 1.77. The second kappa shape index (κ2) is 4.72. The standard InChI is InChI=1S/C12H12N6O2/c1-7-3-4-18-10(15-16-12(18)14-7)11(19)13-6-9-5-8(2)17-20-9/h3-5H,6H2,1-2H3,(H,13,19). The van der Waals surface area contributed by atoms with Gasteiger partial charge in [0.15, 0.2) is 5.76 Å². The van der Waals surface area contributed by atoms with Gasteiger partial charge in [-0.25, -0.2) is 4.98 Å². The van der Waals surface area contributed by atoms with Crippen molar-refractivity contribution in [3.05, 3.63) is 41.3 Å². The van der Waals surface area contributed by atoms with Crippen molar-refractivity contribution in [2.24, 2.45) is 0 Å². The molecule has 0 radical (unpaired) electrons. The van der Waals surface area contributed by atoms with Gasteiger partial charge in [-0.1, -0.05) is 5.16 Å². The quantitative estimate of drug-likeness (QED) is 0.752. The van der Waals surface area contributed by atoms with Gasteiger partial charge in [0.2, 0.25) is 5.82 Å². The van der Waals surface area contributed by atoms with E-state index in [1.165, 1.54) is 4.40 Å². The predicted octanol–water partition coefficient (Wildman–Crippen LogP) is 0.659. The van der Waals surface area contributed by atoms with Gasteiger partial charge in [-0.05, 0) is 19.9 Å². The lowest BCUT2D eigenvalue weighted by atomic mass is 10.4.